The van der Waals surface area contributed by atoms with Crippen molar-refractivity contribution in [1.29, 1.82) is 0 Å². The standard InChI is InChI=1S/C17H24N2O3/c1-13-16(3-2-7-18-13)17(20)19-8-4-15(5-9-19)22-12-14-6-10-21-11-14/h2-3,7,14-15H,4-6,8-12H2,1H3/t14-/m1/s1. The van der Waals surface area contributed by atoms with Crippen molar-refractivity contribution in [2.24, 2.45) is 5.92 Å². The molecule has 5 heteroatoms. The first-order valence-corrected chi connectivity index (χ1v) is 8.14. The smallest absolute Gasteiger partial charge is 0.255 e. The van der Waals surface area contributed by atoms with E-state index in [4.69, 9.17) is 9.47 Å². The maximum Gasteiger partial charge on any atom is 0.255 e. The van der Waals surface area contributed by atoms with Gasteiger partial charge < -0.3 is 14.4 Å². The first-order valence-electron chi connectivity index (χ1n) is 8.14. The summed E-state index contributed by atoms with van der Waals surface area (Å²) >= 11 is 0. The zero-order chi connectivity index (χ0) is 15.4. The maximum absolute atomic E-state index is 12.5. The third kappa shape index (κ3) is 3.65. The Morgan fingerprint density at radius 2 is 2.23 bits per heavy atom. The van der Waals surface area contributed by atoms with Gasteiger partial charge in [0.1, 0.15) is 0 Å². The monoisotopic (exact) mass is 304 g/mol. The topological polar surface area (TPSA) is 51.7 Å². The quantitative estimate of drug-likeness (QED) is 0.854. The second kappa shape index (κ2) is 7.20. The fourth-order valence-electron chi connectivity index (χ4n) is 3.09. The van der Waals surface area contributed by atoms with Crippen molar-refractivity contribution in [3.8, 4) is 0 Å². The van der Waals surface area contributed by atoms with E-state index in [2.05, 4.69) is 4.98 Å². The average molecular weight is 304 g/mol. The number of likely N-dealkylation sites (tertiary alicyclic amines) is 1. The van der Waals surface area contributed by atoms with Gasteiger partial charge in [-0.05, 0) is 38.3 Å². The number of pyridine rings is 1. The van der Waals surface area contributed by atoms with E-state index >= 15 is 0 Å². The molecule has 5 nitrogen and oxygen atoms in total. The van der Waals surface area contributed by atoms with Gasteiger partial charge in [-0.1, -0.05) is 0 Å². The molecule has 0 N–H and O–H groups in total. The average Bonchev–Trinajstić information content (AvgIpc) is 3.07. The van der Waals surface area contributed by atoms with Crippen molar-refractivity contribution in [3.05, 3.63) is 29.6 Å². The van der Waals surface area contributed by atoms with Crippen molar-refractivity contribution < 1.29 is 14.3 Å². The van der Waals surface area contributed by atoms with E-state index in [1.54, 1.807) is 6.20 Å². The molecular formula is C17H24N2O3. The highest BCUT2D eigenvalue weighted by Crippen LogP contribution is 2.20. The van der Waals surface area contributed by atoms with Crippen molar-refractivity contribution in [3.63, 3.8) is 0 Å². The highest BCUT2D eigenvalue weighted by atomic mass is 16.5. The van der Waals surface area contributed by atoms with Crippen LogP contribution in [0.2, 0.25) is 0 Å². The molecule has 2 aliphatic rings. The molecule has 3 rings (SSSR count). The number of hydrogen-bond donors (Lipinski definition) is 0. The molecule has 0 aliphatic carbocycles. The Bertz CT molecular complexity index is 506. The molecule has 2 fully saturated rings. The predicted molar refractivity (Wildman–Crippen MR) is 82.8 cm³/mol. The van der Waals surface area contributed by atoms with Crippen molar-refractivity contribution in [1.82, 2.24) is 9.88 Å². The number of carbonyl (C=O) groups is 1. The van der Waals surface area contributed by atoms with Gasteiger partial charge in [0.05, 0.1) is 24.9 Å². The third-order valence-corrected chi connectivity index (χ3v) is 4.56. The molecule has 0 bridgehead atoms. The van der Waals surface area contributed by atoms with Gasteiger partial charge in [-0.15, -0.1) is 0 Å². The van der Waals surface area contributed by atoms with Gasteiger partial charge in [0, 0.05) is 37.5 Å². The van der Waals surface area contributed by atoms with Crippen LogP contribution >= 0.6 is 0 Å². The summed E-state index contributed by atoms with van der Waals surface area (Å²) in [5.41, 5.74) is 1.51. The Kier molecular flexibility index (Phi) is 5.05. The Morgan fingerprint density at radius 1 is 1.41 bits per heavy atom. The summed E-state index contributed by atoms with van der Waals surface area (Å²) in [6.07, 6.45) is 4.94. The van der Waals surface area contributed by atoms with Gasteiger partial charge >= 0.3 is 0 Å². The van der Waals surface area contributed by atoms with Crippen LogP contribution < -0.4 is 0 Å². The number of amides is 1. The van der Waals surface area contributed by atoms with Crippen LogP contribution in [0.3, 0.4) is 0 Å². The van der Waals surface area contributed by atoms with E-state index in [0.717, 1.165) is 57.9 Å². The highest BCUT2D eigenvalue weighted by molar-refractivity contribution is 5.95. The van der Waals surface area contributed by atoms with Crippen molar-refractivity contribution in [2.75, 3.05) is 32.9 Å². The molecule has 0 unspecified atom stereocenters. The Labute approximate surface area is 131 Å². The molecule has 22 heavy (non-hydrogen) atoms. The van der Waals surface area contributed by atoms with Gasteiger partial charge in [0.25, 0.3) is 5.91 Å². The van der Waals surface area contributed by atoms with Crippen LogP contribution in [0.1, 0.15) is 35.3 Å². The summed E-state index contributed by atoms with van der Waals surface area (Å²) < 4.78 is 11.4. The number of piperidine rings is 1. The molecule has 1 aromatic rings. The minimum Gasteiger partial charge on any atom is -0.381 e. The Balaban J connectivity index is 1.47. The van der Waals surface area contributed by atoms with Gasteiger partial charge in [0.2, 0.25) is 0 Å². The molecule has 0 spiro atoms. The highest BCUT2D eigenvalue weighted by Gasteiger charge is 2.26. The van der Waals surface area contributed by atoms with Gasteiger partial charge in [-0.3, -0.25) is 9.78 Å². The zero-order valence-corrected chi connectivity index (χ0v) is 13.2. The van der Waals surface area contributed by atoms with Crippen LogP contribution in [-0.2, 0) is 9.47 Å². The fourth-order valence-corrected chi connectivity index (χ4v) is 3.09. The molecular weight excluding hydrogens is 280 g/mol. The van der Waals surface area contributed by atoms with Crippen LogP contribution in [0, 0.1) is 12.8 Å². The number of ether oxygens (including phenoxy) is 2. The number of nitrogens with zero attached hydrogens (tertiary/aromatic N) is 2. The number of aryl methyl sites for hydroxylation is 1. The first-order chi connectivity index (χ1) is 10.7. The lowest BCUT2D eigenvalue weighted by Crippen LogP contribution is -2.41. The minimum absolute atomic E-state index is 0.0910. The van der Waals surface area contributed by atoms with Crippen LogP contribution in [0.4, 0.5) is 0 Å². The fraction of sp³-hybridized carbons (Fsp3) is 0.647. The van der Waals surface area contributed by atoms with Gasteiger partial charge in [0.15, 0.2) is 0 Å². The van der Waals surface area contributed by atoms with Crippen LogP contribution in [-0.4, -0.2) is 54.8 Å². The molecule has 120 valence electrons. The van der Waals surface area contributed by atoms with E-state index in [9.17, 15) is 4.79 Å². The molecule has 2 saturated heterocycles. The predicted octanol–water partition coefficient (Wildman–Crippen LogP) is 2.05. The lowest BCUT2D eigenvalue weighted by atomic mass is 10.1. The van der Waals surface area contributed by atoms with Crippen LogP contribution in [0.15, 0.2) is 18.3 Å². The molecule has 1 amide bonds. The molecule has 1 aromatic heterocycles. The first kappa shape index (κ1) is 15.4. The number of carbonyl (C=O) groups excluding carboxylic acids is 1. The zero-order valence-electron chi connectivity index (χ0n) is 13.2. The molecule has 0 radical (unpaired) electrons. The van der Waals surface area contributed by atoms with Crippen LogP contribution in [0.25, 0.3) is 0 Å². The number of aromatic nitrogens is 1. The molecule has 3 heterocycles. The van der Waals surface area contributed by atoms with Crippen LogP contribution in [0.5, 0.6) is 0 Å². The van der Waals surface area contributed by atoms with Gasteiger partial charge in [-0.2, -0.15) is 0 Å². The van der Waals surface area contributed by atoms with E-state index in [-0.39, 0.29) is 12.0 Å². The lowest BCUT2D eigenvalue weighted by molar-refractivity contribution is -0.00795. The summed E-state index contributed by atoms with van der Waals surface area (Å²) in [5.74, 6) is 0.644. The van der Waals surface area contributed by atoms with E-state index < -0.39 is 0 Å². The number of hydrogen-bond acceptors (Lipinski definition) is 4. The van der Waals surface area contributed by atoms with Crippen molar-refractivity contribution in [2.45, 2.75) is 32.3 Å². The molecule has 0 aromatic carbocycles. The normalized spacial score (nSPS) is 23.0. The second-order valence-electron chi connectivity index (χ2n) is 6.19. The molecule has 2 aliphatic heterocycles. The SMILES string of the molecule is Cc1ncccc1C(=O)N1CCC(OC[C@@H]2CCOC2)CC1. The summed E-state index contributed by atoms with van der Waals surface area (Å²) in [7, 11) is 0. The summed E-state index contributed by atoms with van der Waals surface area (Å²) in [5, 5.41) is 0. The molecule has 0 saturated carbocycles. The largest absolute Gasteiger partial charge is 0.381 e. The minimum atomic E-state index is 0.0910. The summed E-state index contributed by atoms with van der Waals surface area (Å²) in [6.45, 7) is 5.90. The maximum atomic E-state index is 12.5. The number of rotatable bonds is 4. The van der Waals surface area contributed by atoms with Gasteiger partial charge in [-0.25, -0.2) is 0 Å². The summed E-state index contributed by atoms with van der Waals surface area (Å²) in [6, 6.07) is 3.67. The van der Waals surface area contributed by atoms with E-state index in [0.29, 0.717) is 11.5 Å². The lowest BCUT2D eigenvalue weighted by Gasteiger charge is -2.32. The second-order valence-corrected chi connectivity index (χ2v) is 6.19. The molecule has 1 atom stereocenters. The van der Waals surface area contributed by atoms with Crippen molar-refractivity contribution >= 4 is 5.91 Å². The van der Waals surface area contributed by atoms with E-state index in [1.165, 1.54) is 0 Å². The Morgan fingerprint density at radius 3 is 2.91 bits per heavy atom. The Hall–Kier alpha value is -1.46. The van der Waals surface area contributed by atoms with E-state index in [1.807, 2.05) is 24.0 Å². The third-order valence-electron chi connectivity index (χ3n) is 4.56. The summed E-state index contributed by atoms with van der Waals surface area (Å²) in [4.78, 5) is 18.6.